The van der Waals surface area contributed by atoms with Gasteiger partial charge in [-0.05, 0) is 30.8 Å². The molecule has 0 saturated carbocycles. The molecule has 1 aromatic carbocycles. The van der Waals surface area contributed by atoms with Gasteiger partial charge < -0.3 is 19.3 Å². The third-order valence-electron chi connectivity index (χ3n) is 4.45. The lowest BCUT2D eigenvalue weighted by Crippen LogP contribution is -2.46. The van der Waals surface area contributed by atoms with Crippen molar-refractivity contribution in [2.45, 2.75) is 6.92 Å². The van der Waals surface area contributed by atoms with Crippen LogP contribution in [0.5, 0.6) is 11.5 Å². The van der Waals surface area contributed by atoms with E-state index in [0.717, 1.165) is 49.8 Å². The molecule has 1 fully saturated rings. The number of piperazine rings is 1. The number of hydrogen-bond acceptors (Lipinski definition) is 5. The van der Waals surface area contributed by atoms with Gasteiger partial charge >= 0.3 is 0 Å². The van der Waals surface area contributed by atoms with Gasteiger partial charge in [0.25, 0.3) is 0 Å². The second-order valence-electron chi connectivity index (χ2n) is 6.35. The van der Waals surface area contributed by atoms with Crippen molar-refractivity contribution in [3.8, 4) is 11.5 Å². The number of ether oxygens (including phenoxy) is 2. The van der Waals surface area contributed by atoms with E-state index in [1.54, 1.807) is 6.08 Å². The van der Waals surface area contributed by atoms with Crippen LogP contribution in [-0.2, 0) is 4.79 Å². The number of benzene rings is 1. The summed E-state index contributed by atoms with van der Waals surface area (Å²) in [6, 6.07) is 5.71. The van der Waals surface area contributed by atoms with E-state index in [9.17, 15) is 4.79 Å². The van der Waals surface area contributed by atoms with Gasteiger partial charge in [-0.25, -0.2) is 0 Å². The smallest absolute Gasteiger partial charge is 0.231 e. The van der Waals surface area contributed by atoms with Gasteiger partial charge in [-0.3, -0.25) is 4.79 Å². The van der Waals surface area contributed by atoms with E-state index in [1.807, 2.05) is 31.2 Å². The number of carbonyl (C=O) groups is 1. The Balaban J connectivity index is 1.53. The third-order valence-corrected chi connectivity index (χ3v) is 4.45. The van der Waals surface area contributed by atoms with Gasteiger partial charge in [-0.1, -0.05) is 19.1 Å². The van der Waals surface area contributed by atoms with Gasteiger partial charge in [0.05, 0.1) is 0 Å². The highest BCUT2D eigenvalue weighted by Crippen LogP contribution is 2.32. The zero-order valence-corrected chi connectivity index (χ0v) is 13.8. The molecule has 1 unspecified atom stereocenters. The molecule has 2 aliphatic rings. The van der Waals surface area contributed by atoms with E-state index in [1.165, 1.54) is 0 Å². The van der Waals surface area contributed by atoms with Crippen LogP contribution in [-0.4, -0.2) is 62.1 Å². The molecule has 5 heteroatoms. The molecule has 0 aromatic heterocycles. The number of allylic oxidation sites excluding steroid dienone is 1. The molecule has 3 rings (SSSR count). The molecular weight excluding hydrogens is 292 g/mol. The van der Waals surface area contributed by atoms with Crippen LogP contribution in [0, 0.1) is 5.92 Å². The van der Waals surface area contributed by atoms with Crippen molar-refractivity contribution < 1.29 is 14.3 Å². The number of likely N-dealkylation sites (N-methyl/N-ethyl adjacent to an activating group) is 1. The fourth-order valence-electron chi connectivity index (χ4n) is 2.87. The summed E-state index contributed by atoms with van der Waals surface area (Å²) in [5, 5.41) is 0. The number of nitrogens with zero attached hydrogens (tertiary/aromatic N) is 2. The second-order valence-corrected chi connectivity index (χ2v) is 6.35. The topological polar surface area (TPSA) is 42.0 Å². The minimum atomic E-state index is 0.0173. The van der Waals surface area contributed by atoms with Crippen molar-refractivity contribution in [2.75, 3.05) is 46.6 Å². The molecule has 0 aliphatic carbocycles. The maximum atomic E-state index is 12.3. The van der Waals surface area contributed by atoms with Gasteiger partial charge in [0.2, 0.25) is 6.79 Å². The van der Waals surface area contributed by atoms with Crippen LogP contribution < -0.4 is 9.47 Å². The van der Waals surface area contributed by atoms with Crippen molar-refractivity contribution in [1.29, 1.82) is 0 Å². The van der Waals surface area contributed by atoms with E-state index < -0.39 is 0 Å². The normalized spacial score (nSPS) is 20.1. The van der Waals surface area contributed by atoms with E-state index in [4.69, 9.17) is 9.47 Å². The van der Waals surface area contributed by atoms with Gasteiger partial charge in [0.1, 0.15) is 0 Å². The standard InChI is InChI=1S/C18H24N2O3/c1-14(12-20-9-7-19(2)8-10-20)16(21)5-3-15-4-6-17-18(11-15)23-13-22-17/h3-6,11,14H,7-10,12-13H2,1-2H3/b5-3+. The van der Waals surface area contributed by atoms with E-state index >= 15 is 0 Å². The molecule has 2 heterocycles. The molecule has 5 nitrogen and oxygen atoms in total. The molecule has 1 saturated heterocycles. The molecule has 0 N–H and O–H groups in total. The van der Waals surface area contributed by atoms with E-state index in [-0.39, 0.29) is 18.5 Å². The highest BCUT2D eigenvalue weighted by molar-refractivity contribution is 5.95. The van der Waals surface area contributed by atoms with Crippen molar-refractivity contribution in [3.05, 3.63) is 29.8 Å². The first-order valence-corrected chi connectivity index (χ1v) is 8.14. The third kappa shape index (κ3) is 4.12. The lowest BCUT2D eigenvalue weighted by molar-refractivity contribution is -0.118. The summed E-state index contributed by atoms with van der Waals surface area (Å²) < 4.78 is 10.6. The molecule has 1 aromatic rings. The molecule has 23 heavy (non-hydrogen) atoms. The number of hydrogen-bond donors (Lipinski definition) is 0. The van der Waals surface area contributed by atoms with Crippen LogP contribution in [0.4, 0.5) is 0 Å². The number of ketones is 1. The predicted octanol–water partition coefficient (Wildman–Crippen LogP) is 1.88. The Kier molecular flexibility index (Phi) is 4.98. The first-order valence-electron chi connectivity index (χ1n) is 8.14. The first kappa shape index (κ1) is 16.0. The summed E-state index contributed by atoms with van der Waals surface area (Å²) in [4.78, 5) is 17.0. The fraction of sp³-hybridized carbons (Fsp3) is 0.500. The summed E-state index contributed by atoms with van der Waals surface area (Å²) in [5.41, 5.74) is 0.953. The maximum Gasteiger partial charge on any atom is 0.231 e. The summed E-state index contributed by atoms with van der Waals surface area (Å²) in [6.07, 6.45) is 3.53. The van der Waals surface area contributed by atoms with E-state index in [2.05, 4.69) is 16.8 Å². The second kappa shape index (κ2) is 7.15. The van der Waals surface area contributed by atoms with Crippen LogP contribution in [0.25, 0.3) is 6.08 Å². The van der Waals surface area contributed by atoms with Gasteiger partial charge in [0.15, 0.2) is 17.3 Å². The molecule has 0 radical (unpaired) electrons. The Bertz CT molecular complexity index is 592. The summed E-state index contributed by atoms with van der Waals surface area (Å²) in [5.74, 6) is 1.69. The summed E-state index contributed by atoms with van der Waals surface area (Å²) >= 11 is 0. The van der Waals surface area contributed by atoms with Crippen molar-refractivity contribution >= 4 is 11.9 Å². The fourth-order valence-corrected chi connectivity index (χ4v) is 2.87. The zero-order chi connectivity index (χ0) is 16.2. The average Bonchev–Trinajstić information content (AvgIpc) is 3.02. The van der Waals surface area contributed by atoms with Crippen molar-refractivity contribution in [2.24, 2.45) is 5.92 Å². The largest absolute Gasteiger partial charge is 0.454 e. The Labute approximate surface area is 137 Å². The van der Waals surface area contributed by atoms with Gasteiger partial charge in [-0.15, -0.1) is 0 Å². The molecule has 0 bridgehead atoms. The van der Waals surface area contributed by atoms with Gasteiger partial charge in [0, 0.05) is 38.6 Å². The van der Waals surface area contributed by atoms with Crippen LogP contribution >= 0.6 is 0 Å². The van der Waals surface area contributed by atoms with Gasteiger partial charge in [-0.2, -0.15) is 0 Å². The van der Waals surface area contributed by atoms with Crippen molar-refractivity contribution in [3.63, 3.8) is 0 Å². The summed E-state index contributed by atoms with van der Waals surface area (Å²) in [7, 11) is 2.14. The van der Waals surface area contributed by atoms with Crippen LogP contribution in [0.15, 0.2) is 24.3 Å². The first-order chi connectivity index (χ1) is 11.1. The van der Waals surface area contributed by atoms with Crippen molar-refractivity contribution in [1.82, 2.24) is 9.80 Å². The minimum Gasteiger partial charge on any atom is -0.454 e. The van der Waals surface area contributed by atoms with Crippen LogP contribution in [0.3, 0.4) is 0 Å². The SMILES string of the molecule is CC(CN1CCN(C)CC1)C(=O)/C=C/c1ccc2c(c1)OCO2. The zero-order valence-electron chi connectivity index (χ0n) is 13.8. The van der Waals surface area contributed by atoms with Crippen LogP contribution in [0.2, 0.25) is 0 Å². The highest BCUT2D eigenvalue weighted by Gasteiger charge is 2.19. The minimum absolute atomic E-state index is 0.0173. The van der Waals surface area contributed by atoms with Crippen LogP contribution in [0.1, 0.15) is 12.5 Å². The Morgan fingerprint density at radius 3 is 2.74 bits per heavy atom. The Morgan fingerprint density at radius 2 is 1.96 bits per heavy atom. The lowest BCUT2D eigenvalue weighted by atomic mass is 10.0. The monoisotopic (exact) mass is 316 g/mol. The number of fused-ring (bicyclic) bond motifs is 1. The van der Waals surface area contributed by atoms with E-state index in [0.29, 0.717) is 0 Å². The molecule has 1 atom stereocenters. The number of carbonyl (C=O) groups excluding carboxylic acids is 1. The Hall–Kier alpha value is -1.85. The quantitative estimate of drug-likeness (QED) is 0.776. The predicted molar refractivity (Wildman–Crippen MR) is 89.7 cm³/mol. The summed E-state index contributed by atoms with van der Waals surface area (Å²) in [6.45, 7) is 7.34. The molecule has 124 valence electrons. The molecule has 0 amide bonds. The molecule has 2 aliphatic heterocycles. The number of rotatable bonds is 5. The molecule has 0 spiro atoms. The Morgan fingerprint density at radius 1 is 1.22 bits per heavy atom. The highest BCUT2D eigenvalue weighted by atomic mass is 16.7. The maximum absolute atomic E-state index is 12.3. The molecular formula is C18H24N2O3. The average molecular weight is 316 g/mol. The lowest BCUT2D eigenvalue weighted by Gasteiger charge is -2.33.